The molecule has 2 rings (SSSR count). The summed E-state index contributed by atoms with van der Waals surface area (Å²) in [6.07, 6.45) is 2.33. The average Bonchev–Trinajstić information content (AvgIpc) is 2.91. The summed E-state index contributed by atoms with van der Waals surface area (Å²) in [6.45, 7) is 0.560. The Labute approximate surface area is 106 Å². The molecule has 0 radical (unpaired) electrons. The van der Waals surface area contributed by atoms with Crippen molar-refractivity contribution in [1.29, 1.82) is 0 Å². The van der Waals surface area contributed by atoms with Crippen LogP contribution in [-0.2, 0) is 6.42 Å². The number of furan rings is 1. The van der Waals surface area contributed by atoms with Crippen LogP contribution in [0.5, 0.6) is 0 Å². The normalized spacial score (nSPS) is 10.1. The highest BCUT2D eigenvalue weighted by atomic mass is 16.3. The van der Waals surface area contributed by atoms with Crippen molar-refractivity contribution in [3.63, 3.8) is 0 Å². The first-order chi connectivity index (χ1) is 8.81. The summed E-state index contributed by atoms with van der Waals surface area (Å²) in [6, 6.07) is 11.2. The van der Waals surface area contributed by atoms with Crippen molar-refractivity contribution in [2.75, 3.05) is 18.9 Å². The molecule has 0 unspecified atom stereocenters. The number of carbonyl (C=O) groups excluding carboxylic acids is 1. The van der Waals surface area contributed by atoms with Gasteiger partial charge >= 0.3 is 0 Å². The second-order valence-corrected chi connectivity index (χ2v) is 3.88. The highest BCUT2D eigenvalue weighted by Crippen LogP contribution is 2.13. The third-order valence-corrected chi connectivity index (χ3v) is 2.68. The molecule has 0 aliphatic heterocycles. The minimum Gasteiger partial charge on any atom is -0.469 e. The molecule has 4 heteroatoms. The molecule has 94 valence electrons. The molecule has 2 aromatic rings. The van der Waals surface area contributed by atoms with Gasteiger partial charge in [0.25, 0.3) is 5.91 Å². The fourth-order valence-electron chi connectivity index (χ4n) is 1.75. The number of hydrogen-bond donors (Lipinski definition) is 2. The van der Waals surface area contributed by atoms with Crippen LogP contribution in [0.15, 0.2) is 47.1 Å². The molecule has 1 aromatic heterocycles. The molecule has 0 saturated carbocycles. The summed E-state index contributed by atoms with van der Waals surface area (Å²) in [5, 5.41) is 5.87. The van der Waals surface area contributed by atoms with Gasteiger partial charge < -0.3 is 15.1 Å². The van der Waals surface area contributed by atoms with E-state index in [0.29, 0.717) is 18.5 Å². The van der Waals surface area contributed by atoms with Crippen molar-refractivity contribution in [3.8, 4) is 0 Å². The van der Waals surface area contributed by atoms with Gasteiger partial charge in [-0.05, 0) is 24.3 Å². The van der Waals surface area contributed by atoms with Gasteiger partial charge in [0.15, 0.2) is 0 Å². The molecule has 0 fully saturated rings. The molecule has 1 amide bonds. The zero-order valence-corrected chi connectivity index (χ0v) is 10.3. The van der Waals surface area contributed by atoms with Crippen LogP contribution in [0.3, 0.4) is 0 Å². The van der Waals surface area contributed by atoms with E-state index in [1.807, 2.05) is 30.3 Å². The first-order valence-electron chi connectivity index (χ1n) is 5.88. The van der Waals surface area contributed by atoms with Crippen molar-refractivity contribution in [3.05, 3.63) is 54.0 Å². The smallest absolute Gasteiger partial charge is 0.253 e. The summed E-state index contributed by atoms with van der Waals surface area (Å²) in [5.74, 6) is 0.795. The number of nitrogens with one attached hydrogen (secondary N) is 2. The van der Waals surface area contributed by atoms with E-state index in [2.05, 4.69) is 10.6 Å². The molecule has 18 heavy (non-hydrogen) atoms. The lowest BCUT2D eigenvalue weighted by atomic mass is 10.1. The Morgan fingerprint density at radius 2 is 2.06 bits per heavy atom. The topological polar surface area (TPSA) is 54.3 Å². The average molecular weight is 244 g/mol. The van der Waals surface area contributed by atoms with E-state index in [9.17, 15) is 4.79 Å². The van der Waals surface area contributed by atoms with Crippen LogP contribution in [0, 0.1) is 0 Å². The molecule has 4 nitrogen and oxygen atoms in total. The molecule has 1 aromatic carbocycles. The maximum atomic E-state index is 12.0. The van der Waals surface area contributed by atoms with Crippen molar-refractivity contribution in [2.45, 2.75) is 6.42 Å². The van der Waals surface area contributed by atoms with Crippen LogP contribution >= 0.6 is 0 Å². The highest BCUT2D eigenvalue weighted by Gasteiger charge is 2.09. The standard InChI is InChI=1S/C14H16N2O2/c1-15-13-7-3-2-6-12(13)14(17)16-9-8-11-5-4-10-18-11/h2-7,10,15H,8-9H2,1H3,(H,16,17). The minimum atomic E-state index is -0.0773. The van der Waals surface area contributed by atoms with Gasteiger partial charge in [0.1, 0.15) is 5.76 Å². The Bertz CT molecular complexity index is 506. The number of amides is 1. The van der Waals surface area contributed by atoms with Gasteiger partial charge in [-0.25, -0.2) is 0 Å². The van der Waals surface area contributed by atoms with E-state index in [-0.39, 0.29) is 5.91 Å². The molecular weight excluding hydrogens is 228 g/mol. The third kappa shape index (κ3) is 2.91. The molecule has 0 atom stereocenters. The van der Waals surface area contributed by atoms with Crippen LogP contribution < -0.4 is 10.6 Å². The van der Waals surface area contributed by atoms with Gasteiger partial charge in [0.2, 0.25) is 0 Å². The van der Waals surface area contributed by atoms with E-state index in [1.165, 1.54) is 0 Å². The predicted molar refractivity (Wildman–Crippen MR) is 70.7 cm³/mol. The Morgan fingerprint density at radius 3 is 2.78 bits per heavy atom. The van der Waals surface area contributed by atoms with Crippen LogP contribution in [0.1, 0.15) is 16.1 Å². The van der Waals surface area contributed by atoms with Crippen LogP contribution in [-0.4, -0.2) is 19.5 Å². The predicted octanol–water partition coefficient (Wildman–Crippen LogP) is 2.29. The van der Waals surface area contributed by atoms with Gasteiger partial charge in [0, 0.05) is 25.7 Å². The lowest BCUT2D eigenvalue weighted by Crippen LogP contribution is -2.26. The van der Waals surface area contributed by atoms with Gasteiger partial charge in [0.05, 0.1) is 11.8 Å². The molecule has 0 aliphatic carbocycles. The summed E-state index contributed by atoms with van der Waals surface area (Å²) in [5.41, 5.74) is 1.48. The lowest BCUT2D eigenvalue weighted by molar-refractivity contribution is 0.0954. The number of rotatable bonds is 5. The molecule has 0 aliphatic rings. The van der Waals surface area contributed by atoms with Crippen molar-refractivity contribution in [2.24, 2.45) is 0 Å². The van der Waals surface area contributed by atoms with Crippen molar-refractivity contribution in [1.82, 2.24) is 5.32 Å². The Morgan fingerprint density at radius 1 is 1.22 bits per heavy atom. The Hall–Kier alpha value is -2.23. The third-order valence-electron chi connectivity index (χ3n) is 2.68. The van der Waals surface area contributed by atoms with E-state index >= 15 is 0 Å². The van der Waals surface area contributed by atoms with Gasteiger partial charge in [-0.3, -0.25) is 4.79 Å². The lowest BCUT2D eigenvalue weighted by Gasteiger charge is -2.08. The minimum absolute atomic E-state index is 0.0773. The maximum Gasteiger partial charge on any atom is 0.253 e. The summed E-state index contributed by atoms with van der Waals surface area (Å²) < 4.78 is 5.20. The number of anilines is 1. The van der Waals surface area contributed by atoms with Crippen LogP contribution in [0.4, 0.5) is 5.69 Å². The van der Waals surface area contributed by atoms with E-state index in [4.69, 9.17) is 4.42 Å². The number of carbonyl (C=O) groups is 1. The van der Waals surface area contributed by atoms with Gasteiger partial charge in [-0.2, -0.15) is 0 Å². The first-order valence-corrected chi connectivity index (χ1v) is 5.88. The molecule has 0 saturated heterocycles. The van der Waals surface area contributed by atoms with E-state index < -0.39 is 0 Å². The van der Waals surface area contributed by atoms with Crippen LogP contribution in [0.2, 0.25) is 0 Å². The zero-order chi connectivity index (χ0) is 12.8. The van der Waals surface area contributed by atoms with Gasteiger partial charge in [-0.15, -0.1) is 0 Å². The van der Waals surface area contributed by atoms with Crippen molar-refractivity contribution < 1.29 is 9.21 Å². The van der Waals surface area contributed by atoms with Crippen molar-refractivity contribution >= 4 is 11.6 Å². The summed E-state index contributed by atoms with van der Waals surface area (Å²) >= 11 is 0. The number of benzene rings is 1. The molecule has 0 bridgehead atoms. The Kier molecular flexibility index (Phi) is 4.02. The summed E-state index contributed by atoms with van der Waals surface area (Å²) in [4.78, 5) is 12.0. The second kappa shape index (κ2) is 5.91. The van der Waals surface area contributed by atoms with E-state index in [1.54, 1.807) is 19.4 Å². The molecule has 0 spiro atoms. The number of hydrogen-bond acceptors (Lipinski definition) is 3. The maximum absolute atomic E-state index is 12.0. The Balaban J connectivity index is 1.91. The second-order valence-electron chi connectivity index (χ2n) is 3.88. The fourth-order valence-corrected chi connectivity index (χ4v) is 1.75. The molecule has 2 N–H and O–H groups in total. The monoisotopic (exact) mass is 244 g/mol. The first kappa shape index (κ1) is 12.2. The molecule has 1 heterocycles. The van der Waals surface area contributed by atoms with E-state index in [0.717, 1.165) is 11.4 Å². The quantitative estimate of drug-likeness (QED) is 0.848. The van der Waals surface area contributed by atoms with Gasteiger partial charge in [-0.1, -0.05) is 12.1 Å². The summed E-state index contributed by atoms with van der Waals surface area (Å²) in [7, 11) is 1.80. The SMILES string of the molecule is CNc1ccccc1C(=O)NCCc1ccco1. The fraction of sp³-hybridized carbons (Fsp3) is 0.214. The largest absolute Gasteiger partial charge is 0.469 e. The zero-order valence-electron chi connectivity index (χ0n) is 10.3. The van der Waals surface area contributed by atoms with Crippen LogP contribution in [0.25, 0.3) is 0 Å². The molecular formula is C14H16N2O2. The highest BCUT2D eigenvalue weighted by molar-refractivity contribution is 5.99. The number of para-hydroxylation sites is 1.